The van der Waals surface area contributed by atoms with E-state index in [-0.39, 0.29) is 0 Å². The summed E-state index contributed by atoms with van der Waals surface area (Å²) < 4.78 is 5.98. The molecule has 0 atom stereocenters. The molecule has 2 aromatic rings. The lowest BCUT2D eigenvalue weighted by Crippen LogP contribution is -1.87. The van der Waals surface area contributed by atoms with Crippen molar-refractivity contribution in [2.45, 2.75) is 45.1 Å². The van der Waals surface area contributed by atoms with Gasteiger partial charge in [-0.25, -0.2) is 0 Å². The third-order valence-electron chi connectivity index (χ3n) is 3.04. The van der Waals surface area contributed by atoms with Crippen LogP contribution in [-0.4, -0.2) is 5.75 Å². The van der Waals surface area contributed by atoms with Gasteiger partial charge in [0.2, 0.25) is 0 Å². The fraction of sp³-hybridized carbons (Fsp3) is 0.467. The minimum Gasteiger partial charge on any atom is -0.450 e. The SMILES string of the molecule is CCCCc1c(SCC)oc2cccc(C)c12. The number of benzene rings is 1. The summed E-state index contributed by atoms with van der Waals surface area (Å²) in [4.78, 5) is 0. The zero-order valence-electron chi connectivity index (χ0n) is 10.9. The Labute approximate surface area is 108 Å². The maximum absolute atomic E-state index is 5.98. The molecule has 1 heterocycles. The molecule has 17 heavy (non-hydrogen) atoms. The number of unbranched alkanes of at least 4 members (excludes halogenated alkanes) is 1. The molecule has 0 radical (unpaired) electrons. The van der Waals surface area contributed by atoms with Gasteiger partial charge in [0, 0.05) is 10.9 Å². The van der Waals surface area contributed by atoms with Gasteiger partial charge in [-0.1, -0.05) is 44.2 Å². The summed E-state index contributed by atoms with van der Waals surface area (Å²) in [5.74, 6) is 1.07. The molecule has 0 aliphatic carbocycles. The molecule has 1 aromatic carbocycles. The first-order valence-corrected chi connectivity index (χ1v) is 7.40. The maximum Gasteiger partial charge on any atom is 0.164 e. The second kappa shape index (κ2) is 5.63. The van der Waals surface area contributed by atoms with Crippen LogP contribution in [-0.2, 0) is 6.42 Å². The van der Waals surface area contributed by atoms with Crippen LogP contribution in [0.3, 0.4) is 0 Å². The summed E-state index contributed by atoms with van der Waals surface area (Å²) in [5.41, 5.74) is 3.80. The predicted octanol–water partition coefficient (Wildman–Crippen LogP) is 5.20. The van der Waals surface area contributed by atoms with Crippen molar-refractivity contribution < 1.29 is 4.42 Å². The Morgan fingerprint density at radius 1 is 1.24 bits per heavy atom. The van der Waals surface area contributed by atoms with E-state index in [2.05, 4.69) is 39.0 Å². The topological polar surface area (TPSA) is 13.1 Å². The molecule has 1 aromatic heterocycles. The highest BCUT2D eigenvalue weighted by Gasteiger charge is 2.14. The van der Waals surface area contributed by atoms with Gasteiger partial charge in [0.1, 0.15) is 5.58 Å². The lowest BCUT2D eigenvalue weighted by Gasteiger charge is -2.02. The van der Waals surface area contributed by atoms with E-state index in [1.807, 2.05) is 11.8 Å². The van der Waals surface area contributed by atoms with Gasteiger partial charge in [-0.15, -0.1) is 0 Å². The van der Waals surface area contributed by atoms with E-state index in [4.69, 9.17) is 4.42 Å². The summed E-state index contributed by atoms with van der Waals surface area (Å²) in [6.07, 6.45) is 3.60. The highest BCUT2D eigenvalue weighted by molar-refractivity contribution is 7.99. The number of hydrogen-bond acceptors (Lipinski definition) is 2. The van der Waals surface area contributed by atoms with Crippen LogP contribution in [0, 0.1) is 6.92 Å². The van der Waals surface area contributed by atoms with Crippen LogP contribution in [0.5, 0.6) is 0 Å². The zero-order valence-corrected chi connectivity index (χ0v) is 11.7. The molecular weight excluding hydrogens is 228 g/mol. The Bertz CT molecular complexity index is 499. The van der Waals surface area contributed by atoms with E-state index in [0.29, 0.717) is 0 Å². The van der Waals surface area contributed by atoms with Crippen molar-refractivity contribution in [2.24, 2.45) is 0 Å². The van der Waals surface area contributed by atoms with Crippen molar-refractivity contribution in [1.82, 2.24) is 0 Å². The van der Waals surface area contributed by atoms with E-state index >= 15 is 0 Å². The molecule has 0 fully saturated rings. The molecule has 0 spiro atoms. The minimum atomic E-state index is 1.05. The van der Waals surface area contributed by atoms with Gasteiger partial charge in [0.25, 0.3) is 0 Å². The number of hydrogen-bond donors (Lipinski definition) is 0. The summed E-state index contributed by atoms with van der Waals surface area (Å²) in [6, 6.07) is 6.33. The smallest absolute Gasteiger partial charge is 0.164 e. The van der Waals surface area contributed by atoms with Crippen molar-refractivity contribution in [2.75, 3.05) is 5.75 Å². The number of rotatable bonds is 5. The number of fused-ring (bicyclic) bond motifs is 1. The Hall–Kier alpha value is -0.890. The van der Waals surface area contributed by atoms with Crippen molar-refractivity contribution in [3.8, 4) is 0 Å². The van der Waals surface area contributed by atoms with Crippen molar-refractivity contribution in [3.63, 3.8) is 0 Å². The van der Waals surface area contributed by atoms with Gasteiger partial charge in [0.15, 0.2) is 5.09 Å². The van der Waals surface area contributed by atoms with E-state index < -0.39 is 0 Å². The average Bonchev–Trinajstić information content (AvgIpc) is 2.66. The molecule has 0 bridgehead atoms. The molecule has 0 amide bonds. The molecule has 0 N–H and O–H groups in total. The molecule has 1 nitrogen and oxygen atoms in total. The first-order valence-electron chi connectivity index (χ1n) is 6.41. The van der Waals surface area contributed by atoms with E-state index in [1.54, 1.807) is 0 Å². The van der Waals surface area contributed by atoms with Crippen molar-refractivity contribution in [1.29, 1.82) is 0 Å². The number of thioether (sulfide) groups is 1. The Morgan fingerprint density at radius 2 is 2.06 bits per heavy atom. The average molecular weight is 248 g/mol. The second-order valence-electron chi connectivity index (χ2n) is 4.35. The molecule has 2 heteroatoms. The quantitative estimate of drug-likeness (QED) is 0.675. The van der Waals surface area contributed by atoms with Crippen LogP contribution in [0.4, 0.5) is 0 Å². The number of aryl methyl sites for hydroxylation is 2. The van der Waals surface area contributed by atoms with Crippen LogP contribution >= 0.6 is 11.8 Å². The van der Waals surface area contributed by atoms with Gasteiger partial charge in [-0.05, 0) is 37.1 Å². The lowest BCUT2D eigenvalue weighted by atomic mass is 10.0. The lowest BCUT2D eigenvalue weighted by molar-refractivity contribution is 0.504. The van der Waals surface area contributed by atoms with E-state index in [9.17, 15) is 0 Å². The summed E-state index contributed by atoms with van der Waals surface area (Å²) in [6.45, 7) is 6.59. The molecule has 0 aliphatic rings. The molecule has 0 unspecified atom stereocenters. The fourth-order valence-corrected chi connectivity index (χ4v) is 2.99. The third kappa shape index (κ3) is 2.52. The largest absolute Gasteiger partial charge is 0.450 e. The van der Waals surface area contributed by atoms with Crippen LogP contribution in [0.2, 0.25) is 0 Å². The molecule has 2 rings (SSSR count). The molecule has 0 saturated carbocycles. The number of furan rings is 1. The first-order chi connectivity index (χ1) is 8.27. The van der Waals surface area contributed by atoms with Gasteiger partial charge in [-0.3, -0.25) is 0 Å². The minimum absolute atomic E-state index is 1.05. The van der Waals surface area contributed by atoms with Gasteiger partial charge in [-0.2, -0.15) is 0 Å². The first kappa shape index (κ1) is 12.6. The zero-order chi connectivity index (χ0) is 12.3. The molecule has 92 valence electrons. The van der Waals surface area contributed by atoms with Gasteiger partial charge in [0.05, 0.1) is 0 Å². The van der Waals surface area contributed by atoms with Crippen LogP contribution < -0.4 is 0 Å². The Morgan fingerprint density at radius 3 is 2.76 bits per heavy atom. The van der Waals surface area contributed by atoms with Crippen LogP contribution in [0.1, 0.15) is 37.8 Å². The second-order valence-corrected chi connectivity index (χ2v) is 5.59. The van der Waals surface area contributed by atoms with Crippen LogP contribution in [0.15, 0.2) is 27.7 Å². The molecule has 0 saturated heterocycles. The fourth-order valence-electron chi connectivity index (χ4n) is 2.20. The summed E-state index contributed by atoms with van der Waals surface area (Å²) in [7, 11) is 0. The molecular formula is C15H20OS. The predicted molar refractivity (Wildman–Crippen MR) is 76.0 cm³/mol. The summed E-state index contributed by atoms with van der Waals surface area (Å²) >= 11 is 1.82. The van der Waals surface area contributed by atoms with Crippen molar-refractivity contribution in [3.05, 3.63) is 29.3 Å². The standard InChI is InChI=1S/C15H20OS/c1-4-6-9-12-14-11(3)8-7-10-13(14)16-15(12)17-5-2/h7-8,10H,4-6,9H2,1-3H3. The normalized spacial score (nSPS) is 11.2. The van der Waals surface area contributed by atoms with Gasteiger partial charge < -0.3 is 4.42 Å². The van der Waals surface area contributed by atoms with E-state index in [1.165, 1.54) is 29.4 Å². The molecule has 0 aliphatic heterocycles. The summed E-state index contributed by atoms with van der Waals surface area (Å²) in [5, 5.41) is 2.47. The third-order valence-corrected chi connectivity index (χ3v) is 3.92. The maximum atomic E-state index is 5.98. The monoisotopic (exact) mass is 248 g/mol. The van der Waals surface area contributed by atoms with Crippen molar-refractivity contribution >= 4 is 22.7 Å². The van der Waals surface area contributed by atoms with Gasteiger partial charge >= 0.3 is 0 Å². The van der Waals surface area contributed by atoms with Crippen LogP contribution in [0.25, 0.3) is 11.0 Å². The Balaban J connectivity index is 2.52. The highest BCUT2D eigenvalue weighted by Crippen LogP contribution is 2.35. The highest BCUT2D eigenvalue weighted by atomic mass is 32.2. The van der Waals surface area contributed by atoms with E-state index in [0.717, 1.165) is 22.8 Å². The Kier molecular flexibility index (Phi) is 4.16.